The molecule has 2 aromatic heterocycles. The molecule has 0 saturated heterocycles. The lowest BCUT2D eigenvalue weighted by atomic mass is 9.82. The van der Waals surface area contributed by atoms with Crippen LogP contribution in [0.4, 0.5) is 0 Å². The fourth-order valence-electron chi connectivity index (χ4n) is 18.0. The molecule has 0 aliphatic rings. The van der Waals surface area contributed by atoms with Crippen molar-refractivity contribution in [2.45, 2.75) is 0 Å². The van der Waals surface area contributed by atoms with Crippen LogP contribution < -0.4 is 0 Å². The Hall–Kier alpha value is -15.0. The van der Waals surface area contributed by atoms with Crippen LogP contribution in [-0.2, 0) is 0 Å². The molecule has 0 radical (unpaired) electrons. The summed E-state index contributed by atoms with van der Waals surface area (Å²) in [5, 5.41) is 12.9. The van der Waals surface area contributed by atoms with Gasteiger partial charge in [-0.05, 0) is 243 Å². The maximum Gasteiger partial charge on any atom is 0.0780 e. The van der Waals surface area contributed by atoms with Gasteiger partial charge in [0, 0.05) is 28.1 Å². The molecule has 0 unspecified atom stereocenters. The van der Waals surface area contributed by atoms with E-state index in [1.54, 1.807) is 0 Å². The Morgan fingerprint density at radius 1 is 0.149 bits per heavy atom. The first-order valence-electron chi connectivity index (χ1n) is 39.2. The van der Waals surface area contributed by atoms with Crippen LogP contribution in [0.25, 0.3) is 221 Å². The first kappa shape index (κ1) is 67.2. The van der Waals surface area contributed by atoms with Gasteiger partial charge in [0.05, 0.1) is 16.9 Å². The number of fused-ring (bicyclic) bond motifs is 6. The van der Waals surface area contributed by atoms with Gasteiger partial charge in [-0.15, -0.1) is 0 Å². The highest BCUT2D eigenvalue weighted by molar-refractivity contribution is 6.24. The number of benzene rings is 19. The van der Waals surface area contributed by atoms with Crippen LogP contribution >= 0.6 is 0 Å². The average molecular weight is 1450 g/mol. The molecule has 2 nitrogen and oxygen atoms in total. The minimum atomic E-state index is 0.939. The topological polar surface area (TPSA) is 25.8 Å². The second-order valence-electron chi connectivity index (χ2n) is 29.7. The van der Waals surface area contributed by atoms with Crippen molar-refractivity contribution in [3.8, 4) is 156 Å². The molecule has 21 aromatic rings. The zero-order valence-corrected chi connectivity index (χ0v) is 62.5. The van der Waals surface area contributed by atoms with Crippen LogP contribution in [0.3, 0.4) is 0 Å². The highest BCUT2D eigenvalue weighted by atomic mass is 14.7. The number of rotatable bonds is 14. The molecule has 0 spiro atoms. The van der Waals surface area contributed by atoms with E-state index in [2.05, 4.69) is 431 Å². The molecule has 0 atom stereocenters. The number of aromatic nitrogens is 2. The maximum atomic E-state index is 5.25. The molecule has 21 rings (SSSR count). The van der Waals surface area contributed by atoms with Crippen LogP contribution in [0.2, 0.25) is 0 Å². The Balaban J connectivity index is 0.654. The summed E-state index contributed by atoms with van der Waals surface area (Å²) in [7, 11) is 0. The largest absolute Gasteiger partial charge is 0.256 e. The molecule has 0 fully saturated rings. The Kier molecular flexibility index (Phi) is 17.0. The number of nitrogens with zero attached hydrogens (tertiary/aromatic N) is 2. The van der Waals surface area contributed by atoms with Crippen molar-refractivity contribution >= 4 is 64.8 Å². The lowest BCUT2D eigenvalue weighted by Gasteiger charge is -2.21. The van der Waals surface area contributed by atoms with Crippen molar-refractivity contribution in [1.29, 1.82) is 0 Å². The monoisotopic (exact) mass is 1440 g/mol. The zero-order valence-electron chi connectivity index (χ0n) is 62.5. The van der Waals surface area contributed by atoms with Gasteiger partial charge in [-0.25, -0.2) is 4.98 Å². The van der Waals surface area contributed by atoms with E-state index >= 15 is 0 Å². The molecular weight excluding hydrogens is 1370 g/mol. The standard InChI is InChI=1S/C112H72N2/c1-5-30-73(31-6-1)88-71-102(75-34-9-3-10-35-75)111(103(72-88)76-36-11-4-12-37-76)85-44-27-43-84(69-85)109-98-53-20-22-55-100(98)110(101-56-23-21-54-99(101)109)86-45-28-46-87(70-86)112-91-62-60-78(66-79(91)64-65-113-112)89-47-14-15-48-92(89)93-58-29-57-90(74-32-7-2-8-33-74)106(93)82-41-26-42-83(68-82)108-96-51-18-16-49-94(96)107(95-50-17-19-52-97(95)108)81-40-25-39-80(67-81)105-63-61-77-38-13-24-59-104(77)114-105/h1-72H. The van der Waals surface area contributed by atoms with Gasteiger partial charge in [-0.3, -0.25) is 4.98 Å². The highest BCUT2D eigenvalue weighted by Crippen LogP contribution is 2.52. The summed E-state index contributed by atoms with van der Waals surface area (Å²) in [6.07, 6.45) is 1.98. The van der Waals surface area contributed by atoms with Gasteiger partial charge in [-0.1, -0.05) is 370 Å². The summed E-state index contributed by atoms with van der Waals surface area (Å²) in [5.74, 6) is 0. The van der Waals surface area contributed by atoms with Gasteiger partial charge < -0.3 is 0 Å². The van der Waals surface area contributed by atoms with Crippen LogP contribution in [0.15, 0.2) is 437 Å². The fraction of sp³-hybridized carbons (Fsp3) is 0. The molecule has 2 heteroatoms. The van der Waals surface area contributed by atoms with Crippen molar-refractivity contribution < 1.29 is 0 Å². The molecule has 19 aromatic carbocycles. The van der Waals surface area contributed by atoms with Crippen molar-refractivity contribution in [2.75, 3.05) is 0 Å². The number of pyridine rings is 2. The molecular formula is C112H72N2. The van der Waals surface area contributed by atoms with Crippen LogP contribution in [-0.4, -0.2) is 9.97 Å². The summed E-state index contributed by atoms with van der Waals surface area (Å²) >= 11 is 0. The van der Waals surface area contributed by atoms with Crippen molar-refractivity contribution in [3.05, 3.63) is 437 Å². The molecule has 0 saturated carbocycles. The van der Waals surface area contributed by atoms with Crippen molar-refractivity contribution in [3.63, 3.8) is 0 Å². The first-order chi connectivity index (χ1) is 56.6. The number of hydrogen-bond donors (Lipinski definition) is 0. The molecule has 0 aliphatic carbocycles. The van der Waals surface area contributed by atoms with Crippen molar-refractivity contribution in [2.24, 2.45) is 0 Å². The van der Waals surface area contributed by atoms with E-state index < -0.39 is 0 Å². The molecule has 530 valence electrons. The minimum absolute atomic E-state index is 0.939. The lowest BCUT2D eigenvalue weighted by Crippen LogP contribution is -1.95. The smallest absolute Gasteiger partial charge is 0.0780 e. The Morgan fingerprint density at radius 2 is 0.500 bits per heavy atom. The normalized spacial score (nSPS) is 11.5. The van der Waals surface area contributed by atoms with Crippen LogP contribution in [0, 0.1) is 0 Å². The third kappa shape index (κ3) is 12.0. The van der Waals surface area contributed by atoms with E-state index in [0.717, 1.165) is 105 Å². The van der Waals surface area contributed by atoms with E-state index in [4.69, 9.17) is 9.97 Å². The zero-order chi connectivity index (χ0) is 75.4. The summed E-state index contributed by atoms with van der Waals surface area (Å²) in [4.78, 5) is 10.4. The van der Waals surface area contributed by atoms with Crippen LogP contribution in [0.5, 0.6) is 0 Å². The lowest BCUT2D eigenvalue weighted by molar-refractivity contribution is 1.36. The predicted molar refractivity (Wildman–Crippen MR) is 483 cm³/mol. The molecule has 2 heterocycles. The number of hydrogen-bond acceptors (Lipinski definition) is 2. The van der Waals surface area contributed by atoms with Gasteiger partial charge in [0.2, 0.25) is 0 Å². The summed E-state index contributed by atoms with van der Waals surface area (Å²) in [5.41, 5.74) is 33.1. The molecule has 0 amide bonds. The molecule has 114 heavy (non-hydrogen) atoms. The molecule has 0 N–H and O–H groups in total. The van der Waals surface area contributed by atoms with E-state index in [-0.39, 0.29) is 0 Å². The summed E-state index contributed by atoms with van der Waals surface area (Å²) in [6.45, 7) is 0. The van der Waals surface area contributed by atoms with Gasteiger partial charge >= 0.3 is 0 Å². The Bertz CT molecular complexity index is 7150. The predicted octanol–water partition coefficient (Wildman–Crippen LogP) is 30.7. The average Bonchev–Trinajstić information content (AvgIpc) is 0.739. The van der Waals surface area contributed by atoms with Crippen LogP contribution in [0.1, 0.15) is 0 Å². The fourth-order valence-corrected chi connectivity index (χ4v) is 18.0. The summed E-state index contributed by atoms with van der Waals surface area (Å²) in [6, 6.07) is 158. The third-order valence-electron chi connectivity index (χ3n) is 23.1. The third-order valence-corrected chi connectivity index (χ3v) is 23.1. The van der Waals surface area contributed by atoms with E-state index in [0.29, 0.717) is 0 Å². The van der Waals surface area contributed by atoms with Gasteiger partial charge in [0.25, 0.3) is 0 Å². The Morgan fingerprint density at radius 3 is 1.00 bits per heavy atom. The van der Waals surface area contributed by atoms with Crippen molar-refractivity contribution in [1.82, 2.24) is 9.97 Å². The second-order valence-corrected chi connectivity index (χ2v) is 29.7. The second kappa shape index (κ2) is 28.8. The van der Waals surface area contributed by atoms with Gasteiger partial charge in [0.1, 0.15) is 0 Å². The Labute approximate surface area is 663 Å². The SMILES string of the molecule is c1ccc(-c2cc(-c3ccccc3)c(-c3cccc(-c4c5ccccc5c(-c5cccc(-c6nccc7cc(-c8ccccc8-c8cccc(-c9ccccc9)c8-c8cccc(-c9c%10ccccc%10c(-c%10cccc(-c%11ccc%12ccccc%12n%11)c%10)c%10ccccc9%10)c8)ccc67)c5)c5ccccc45)c3)c(-c3ccccc3)c2)cc1. The van der Waals surface area contributed by atoms with E-state index in [9.17, 15) is 0 Å². The van der Waals surface area contributed by atoms with E-state index in [1.165, 1.54) is 115 Å². The van der Waals surface area contributed by atoms with Gasteiger partial charge in [-0.2, -0.15) is 0 Å². The molecule has 0 aliphatic heterocycles. The summed E-state index contributed by atoms with van der Waals surface area (Å²) < 4.78 is 0. The maximum absolute atomic E-state index is 5.25. The quantitative estimate of drug-likeness (QED) is 0.101. The van der Waals surface area contributed by atoms with Gasteiger partial charge in [0.15, 0.2) is 0 Å². The van der Waals surface area contributed by atoms with E-state index in [1.807, 2.05) is 6.20 Å². The first-order valence-corrected chi connectivity index (χ1v) is 39.2. The minimum Gasteiger partial charge on any atom is -0.256 e. The number of para-hydroxylation sites is 1. The molecule has 0 bridgehead atoms. The highest BCUT2D eigenvalue weighted by Gasteiger charge is 2.25.